The van der Waals surface area contributed by atoms with Crippen LogP contribution in [0, 0.1) is 5.92 Å². The smallest absolute Gasteiger partial charge is 0.434 e. The highest BCUT2D eigenvalue weighted by Crippen LogP contribution is 2.13. The molecule has 0 unspecified atom stereocenters. The van der Waals surface area contributed by atoms with Gasteiger partial charge in [0.05, 0.1) is 6.54 Å². The molecule has 4 heteroatoms. The highest BCUT2D eigenvalue weighted by Gasteiger charge is 2.23. The number of benzene rings is 1. The maximum Gasteiger partial charge on any atom is 0.434 e. The van der Waals surface area contributed by atoms with Gasteiger partial charge in [0.2, 0.25) is 0 Å². The van der Waals surface area contributed by atoms with E-state index in [-0.39, 0.29) is 0 Å². The largest absolute Gasteiger partial charge is 0.442 e. The average Bonchev–Trinajstić information content (AvgIpc) is 2.33. The number of amides is 1. The second-order valence-electron chi connectivity index (χ2n) is 6.19. The number of ether oxygens (including phenoxy) is 1. The lowest BCUT2D eigenvalue weighted by Gasteiger charge is -2.27. The van der Waals surface area contributed by atoms with Gasteiger partial charge >= 0.3 is 6.09 Å². The maximum atomic E-state index is 12.1. The van der Waals surface area contributed by atoms with Crippen LogP contribution in [0.4, 0.5) is 4.79 Å². The normalized spacial score (nSPS) is 11.5. The Bertz CT molecular complexity index is 409. The summed E-state index contributed by atoms with van der Waals surface area (Å²) in [6.45, 7) is 10.4. The molecule has 0 N–H and O–H groups in total. The van der Waals surface area contributed by atoms with Crippen LogP contribution in [-0.2, 0) is 16.2 Å². The van der Waals surface area contributed by atoms with Gasteiger partial charge in [0.15, 0.2) is 0 Å². The minimum atomic E-state index is -0.525. The molecule has 0 bridgehead atoms. The van der Waals surface area contributed by atoms with Crippen LogP contribution in [0.3, 0.4) is 0 Å². The minimum Gasteiger partial charge on any atom is -0.442 e. The molecule has 1 rings (SSSR count). The molecule has 0 spiro atoms. The molecule has 0 saturated heterocycles. The molecule has 20 heavy (non-hydrogen) atoms. The number of hydrogen-bond acceptors (Lipinski definition) is 3. The number of nitrogens with zero attached hydrogens (tertiary/aromatic N) is 1. The van der Waals surface area contributed by atoms with Crippen LogP contribution in [0.5, 0.6) is 0 Å². The van der Waals surface area contributed by atoms with E-state index in [0.717, 1.165) is 5.56 Å². The predicted molar refractivity (Wildman–Crippen MR) is 79.0 cm³/mol. The third kappa shape index (κ3) is 6.57. The van der Waals surface area contributed by atoms with E-state index in [0.29, 0.717) is 19.1 Å². The SMILES string of the molecule is CC(C)CN(OCc1ccccc1)C(=O)OC(C)(C)C. The van der Waals surface area contributed by atoms with Gasteiger partial charge in [0.25, 0.3) is 0 Å². The third-order valence-electron chi connectivity index (χ3n) is 2.36. The fraction of sp³-hybridized carbons (Fsp3) is 0.562. The van der Waals surface area contributed by atoms with Gasteiger partial charge in [-0.15, -0.1) is 0 Å². The molecule has 0 heterocycles. The Morgan fingerprint density at radius 3 is 2.30 bits per heavy atom. The number of hydroxylamine groups is 2. The Morgan fingerprint density at radius 2 is 1.80 bits per heavy atom. The van der Waals surface area contributed by atoms with Gasteiger partial charge in [0.1, 0.15) is 12.2 Å². The first-order valence-corrected chi connectivity index (χ1v) is 6.95. The molecule has 112 valence electrons. The summed E-state index contributed by atoms with van der Waals surface area (Å²) < 4.78 is 5.35. The summed E-state index contributed by atoms with van der Waals surface area (Å²) in [5, 5.41) is 1.31. The molecule has 0 saturated carbocycles. The van der Waals surface area contributed by atoms with Crippen molar-refractivity contribution >= 4 is 6.09 Å². The molecule has 0 fully saturated rings. The van der Waals surface area contributed by atoms with Crippen LogP contribution in [0.25, 0.3) is 0 Å². The third-order valence-corrected chi connectivity index (χ3v) is 2.36. The quantitative estimate of drug-likeness (QED) is 0.764. The average molecular weight is 279 g/mol. The van der Waals surface area contributed by atoms with Crippen LogP contribution in [-0.4, -0.2) is 23.3 Å². The summed E-state index contributed by atoms with van der Waals surface area (Å²) in [7, 11) is 0. The molecule has 0 atom stereocenters. The van der Waals surface area contributed by atoms with E-state index in [4.69, 9.17) is 9.57 Å². The van der Waals surface area contributed by atoms with Crippen molar-refractivity contribution in [2.45, 2.75) is 46.8 Å². The lowest BCUT2D eigenvalue weighted by atomic mass is 10.2. The van der Waals surface area contributed by atoms with Crippen LogP contribution in [0.2, 0.25) is 0 Å². The van der Waals surface area contributed by atoms with Gasteiger partial charge in [-0.3, -0.25) is 4.84 Å². The molecule has 0 radical (unpaired) electrons. The highest BCUT2D eigenvalue weighted by molar-refractivity contribution is 5.66. The zero-order chi connectivity index (χ0) is 15.2. The Labute approximate surface area is 121 Å². The first-order valence-electron chi connectivity index (χ1n) is 6.95. The minimum absolute atomic E-state index is 0.304. The van der Waals surface area contributed by atoms with Crippen molar-refractivity contribution < 1.29 is 14.4 Å². The van der Waals surface area contributed by atoms with Crippen molar-refractivity contribution in [1.82, 2.24) is 5.06 Å². The van der Waals surface area contributed by atoms with E-state index in [1.807, 2.05) is 65.0 Å². The molecule has 0 aliphatic heterocycles. The molecule has 0 aromatic heterocycles. The molecule has 1 amide bonds. The van der Waals surface area contributed by atoms with E-state index >= 15 is 0 Å². The summed E-state index contributed by atoms with van der Waals surface area (Å²) in [6.07, 6.45) is -0.442. The zero-order valence-electron chi connectivity index (χ0n) is 13.1. The van der Waals surface area contributed by atoms with Crippen molar-refractivity contribution in [3.05, 3.63) is 35.9 Å². The molecular weight excluding hydrogens is 254 g/mol. The maximum absolute atomic E-state index is 12.1. The first kappa shape index (κ1) is 16.5. The van der Waals surface area contributed by atoms with Crippen LogP contribution >= 0.6 is 0 Å². The van der Waals surface area contributed by atoms with Crippen molar-refractivity contribution in [2.75, 3.05) is 6.54 Å². The monoisotopic (exact) mass is 279 g/mol. The fourth-order valence-electron chi connectivity index (χ4n) is 1.55. The van der Waals surface area contributed by atoms with Gasteiger partial charge in [-0.1, -0.05) is 44.2 Å². The Morgan fingerprint density at radius 1 is 1.20 bits per heavy atom. The van der Waals surface area contributed by atoms with E-state index in [2.05, 4.69) is 0 Å². The lowest BCUT2D eigenvalue weighted by molar-refractivity contribution is -0.160. The number of carbonyl (C=O) groups is 1. The summed E-state index contributed by atoms with van der Waals surface area (Å²) in [5.41, 5.74) is 0.493. The van der Waals surface area contributed by atoms with Crippen LogP contribution < -0.4 is 0 Å². The zero-order valence-corrected chi connectivity index (χ0v) is 13.1. The summed E-state index contributed by atoms with van der Waals surface area (Å²) >= 11 is 0. The fourth-order valence-corrected chi connectivity index (χ4v) is 1.55. The number of rotatable bonds is 5. The van der Waals surface area contributed by atoms with Crippen molar-refractivity contribution in [2.24, 2.45) is 5.92 Å². The second-order valence-corrected chi connectivity index (χ2v) is 6.19. The molecule has 0 aliphatic carbocycles. The predicted octanol–water partition coefficient (Wildman–Crippen LogP) is 4.01. The second kappa shape index (κ2) is 7.29. The van der Waals surface area contributed by atoms with Gasteiger partial charge < -0.3 is 4.74 Å². The summed E-state index contributed by atoms with van der Waals surface area (Å²) in [4.78, 5) is 17.7. The Balaban J connectivity index is 2.62. The van der Waals surface area contributed by atoms with E-state index in [1.54, 1.807) is 0 Å². The lowest BCUT2D eigenvalue weighted by Crippen LogP contribution is -2.38. The summed E-state index contributed by atoms with van der Waals surface area (Å²) in [6, 6.07) is 9.76. The number of carbonyl (C=O) groups excluding carboxylic acids is 1. The standard InChI is InChI=1S/C16H25NO3/c1-13(2)11-17(15(18)20-16(3,4)5)19-12-14-9-7-6-8-10-14/h6-10,13H,11-12H2,1-5H3. The number of hydrogen-bond donors (Lipinski definition) is 0. The Hall–Kier alpha value is -1.55. The van der Waals surface area contributed by atoms with Crippen molar-refractivity contribution in [3.8, 4) is 0 Å². The molecular formula is C16H25NO3. The Kier molecular flexibility index (Phi) is 6.02. The van der Waals surface area contributed by atoms with Gasteiger partial charge in [0, 0.05) is 0 Å². The van der Waals surface area contributed by atoms with Gasteiger partial charge in [-0.25, -0.2) is 4.79 Å². The molecule has 0 aliphatic rings. The molecule has 1 aromatic rings. The topological polar surface area (TPSA) is 38.8 Å². The van der Waals surface area contributed by atoms with Gasteiger partial charge in [-0.2, -0.15) is 5.06 Å². The first-order chi connectivity index (χ1) is 9.28. The molecule has 1 aromatic carbocycles. The van der Waals surface area contributed by atoms with Crippen molar-refractivity contribution in [1.29, 1.82) is 0 Å². The molecule has 4 nitrogen and oxygen atoms in total. The van der Waals surface area contributed by atoms with Crippen LogP contribution in [0.1, 0.15) is 40.2 Å². The summed E-state index contributed by atoms with van der Waals surface area (Å²) in [5.74, 6) is 0.304. The van der Waals surface area contributed by atoms with E-state index in [9.17, 15) is 4.79 Å². The van der Waals surface area contributed by atoms with Crippen LogP contribution in [0.15, 0.2) is 30.3 Å². The highest BCUT2D eigenvalue weighted by atomic mass is 16.7. The van der Waals surface area contributed by atoms with Crippen molar-refractivity contribution in [3.63, 3.8) is 0 Å². The van der Waals surface area contributed by atoms with E-state index < -0.39 is 11.7 Å². The van der Waals surface area contributed by atoms with E-state index in [1.165, 1.54) is 5.06 Å². The van der Waals surface area contributed by atoms with Gasteiger partial charge in [-0.05, 0) is 32.3 Å².